The summed E-state index contributed by atoms with van der Waals surface area (Å²) < 4.78 is 19.2. The van der Waals surface area contributed by atoms with Gasteiger partial charge in [0.25, 0.3) is 0 Å². The summed E-state index contributed by atoms with van der Waals surface area (Å²) in [5, 5.41) is 14.2. The summed E-state index contributed by atoms with van der Waals surface area (Å²) in [4.78, 5) is 14.3. The molecule has 128 valence electrons. The molecule has 3 rings (SSSR count). The van der Waals surface area contributed by atoms with E-state index in [4.69, 9.17) is 4.74 Å². The monoisotopic (exact) mass is 349 g/mol. The molecule has 1 aromatic carbocycles. The number of benzene rings is 1. The Labute approximate surface area is 144 Å². The molecule has 0 bridgehead atoms. The smallest absolute Gasteiger partial charge is 0.225 e. The van der Waals surface area contributed by atoms with Crippen molar-refractivity contribution in [2.45, 2.75) is 31.7 Å². The fourth-order valence-electron chi connectivity index (χ4n) is 2.92. The number of thiophene rings is 1. The van der Waals surface area contributed by atoms with Crippen molar-refractivity contribution < 1.29 is 19.0 Å². The highest BCUT2D eigenvalue weighted by Crippen LogP contribution is 2.28. The number of aliphatic hydroxyl groups is 1. The number of rotatable bonds is 4. The van der Waals surface area contributed by atoms with Gasteiger partial charge in [0.05, 0.1) is 25.2 Å². The molecule has 0 radical (unpaired) electrons. The second-order valence-electron chi connectivity index (χ2n) is 6.07. The lowest BCUT2D eigenvalue weighted by atomic mass is 10.0. The predicted molar refractivity (Wildman–Crippen MR) is 90.2 cm³/mol. The van der Waals surface area contributed by atoms with Crippen LogP contribution in [-0.2, 0) is 9.53 Å². The van der Waals surface area contributed by atoms with Crippen molar-refractivity contribution in [3.63, 3.8) is 0 Å². The molecule has 0 spiro atoms. The zero-order valence-corrected chi connectivity index (χ0v) is 14.2. The van der Waals surface area contributed by atoms with Crippen molar-refractivity contribution in [2.75, 3.05) is 13.1 Å². The van der Waals surface area contributed by atoms with E-state index >= 15 is 0 Å². The first kappa shape index (κ1) is 17.1. The van der Waals surface area contributed by atoms with Crippen molar-refractivity contribution in [3.8, 4) is 0 Å². The van der Waals surface area contributed by atoms with Crippen LogP contribution in [0, 0.1) is 5.82 Å². The Morgan fingerprint density at radius 3 is 3.00 bits per heavy atom. The first-order valence-corrected chi connectivity index (χ1v) is 8.86. The lowest BCUT2D eigenvalue weighted by molar-refractivity contribution is -0.146. The van der Waals surface area contributed by atoms with E-state index in [2.05, 4.69) is 0 Å². The van der Waals surface area contributed by atoms with Gasteiger partial charge in [-0.25, -0.2) is 4.39 Å². The number of hydrogen-bond acceptors (Lipinski definition) is 4. The molecular weight excluding hydrogens is 329 g/mol. The van der Waals surface area contributed by atoms with Crippen molar-refractivity contribution in [2.24, 2.45) is 0 Å². The van der Waals surface area contributed by atoms with Gasteiger partial charge in [0.1, 0.15) is 11.9 Å². The Hall–Kier alpha value is -1.76. The van der Waals surface area contributed by atoms with E-state index < -0.39 is 11.9 Å². The molecular formula is C18H20FNO3S. The Balaban J connectivity index is 1.65. The van der Waals surface area contributed by atoms with Crippen molar-refractivity contribution in [1.82, 2.24) is 4.90 Å². The molecule has 1 saturated heterocycles. The van der Waals surface area contributed by atoms with Gasteiger partial charge >= 0.3 is 0 Å². The van der Waals surface area contributed by atoms with Crippen LogP contribution in [0.5, 0.6) is 0 Å². The lowest BCUT2D eigenvalue weighted by Crippen LogP contribution is -2.46. The zero-order valence-electron chi connectivity index (χ0n) is 13.4. The van der Waals surface area contributed by atoms with E-state index in [0.29, 0.717) is 18.7 Å². The number of ether oxygens (including phenoxy) is 1. The highest BCUT2D eigenvalue weighted by Gasteiger charge is 2.30. The summed E-state index contributed by atoms with van der Waals surface area (Å²) in [5.74, 6) is -0.571. The van der Waals surface area contributed by atoms with E-state index in [1.165, 1.54) is 18.2 Å². The number of halogens is 1. The third kappa shape index (κ3) is 4.01. The number of carbonyl (C=O) groups is 1. The van der Waals surface area contributed by atoms with Crippen molar-refractivity contribution in [1.29, 1.82) is 0 Å². The maximum Gasteiger partial charge on any atom is 0.225 e. The Kier molecular flexibility index (Phi) is 5.28. The number of morpholine rings is 1. The third-order valence-corrected chi connectivity index (χ3v) is 4.83. The molecule has 4 nitrogen and oxygen atoms in total. The summed E-state index contributed by atoms with van der Waals surface area (Å²) in [6.07, 6.45) is -1.29. The molecule has 24 heavy (non-hydrogen) atoms. The second kappa shape index (κ2) is 7.42. The van der Waals surface area contributed by atoms with E-state index in [-0.39, 0.29) is 24.5 Å². The number of nitrogens with zero attached hydrogens (tertiary/aromatic N) is 1. The molecule has 2 aromatic rings. The highest BCUT2D eigenvalue weighted by atomic mass is 32.1. The van der Waals surface area contributed by atoms with Crippen LogP contribution in [0.1, 0.15) is 36.7 Å². The largest absolute Gasteiger partial charge is 0.388 e. The van der Waals surface area contributed by atoms with E-state index in [0.717, 1.165) is 5.56 Å². The van der Waals surface area contributed by atoms with Gasteiger partial charge in [0.2, 0.25) is 5.91 Å². The molecule has 0 saturated carbocycles. The molecule has 6 heteroatoms. The molecule has 1 aliphatic rings. The summed E-state index contributed by atoms with van der Waals surface area (Å²) in [7, 11) is 0. The molecule has 3 unspecified atom stereocenters. The summed E-state index contributed by atoms with van der Waals surface area (Å²) >= 11 is 1.59. The van der Waals surface area contributed by atoms with Gasteiger partial charge in [0.15, 0.2) is 0 Å². The number of amides is 1. The number of hydrogen-bond donors (Lipinski definition) is 1. The van der Waals surface area contributed by atoms with Crippen LogP contribution in [0.2, 0.25) is 0 Å². The zero-order chi connectivity index (χ0) is 17.1. The first-order valence-electron chi connectivity index (χ1n) is 7.92. The van der Waals surface area contributed by atoms with Crippen LogP contribution < -0.4 is 0 Å². The molecule has 1 amide bonds. The maximum absolute atomic E-state index is 13.3. The average molecular weight is 349 g/mol. The van der Waals surface area contributed by atoms with E-state index in [9.17, 15) is 14.3 Å². The number of aliphatic hydroxyl groups excluding tert-OH is 1. The second-order valence-corrected chi connectivity index (χ2v) is 6.85. The third-order valence-electron chi connectivity index (χ3n) is 4.13. The van der Waals surface area contributed by atoms with E-state index in [1.54, 1.807) is 22.3 Å². The minimum atomic E-state index is -1.01. The molecule has 2 heterocycles. The van der Waals surface area contributed by atoms with Gasteiger partial charge in [-0.2, -0.15) is 11.3 Å². The van der Waals surface area contributed by atoms with Gasteiger partial charge in [-0.05, 0) is 47.0 Å². The van der Waals surface area contributed by atoms with Gasteiger partial charge in [-0.3, -0.25) is 4.79 Å². The Morgan fingerprint density at radius 1 is 1.46 bits per heavy atom. The summed E-state index contributed by atoms with van der Waals surface area (Å²) in [5.41, 5.74) is 1.48. The van der Waals surface area contributed by atoms with Crippen LogP contribution in [0.4, 0.5) is 4.39 Å². The first-order chi connectivity index (χ1) is 11.5. The van der Waals surface area contributed by atoms with Crippen molar-refractivity contribution >= 4 is 17.2 Å². The topological polar surface area (TPSA) is 49.8 Å². The number of carbonyl (C=O) groups excluding carboxylic acids is 1. The van der Waals surface area contributed by atoms with Crippen molar-refractivity contribution in [3.05, 3.63) is 58.0 Å². The standard InChI is InChI=1S/C18H20FNO3S/c1-12-9-20(10-17(23-12)14-5-6-24-11-14)18(22)8-16(21)13-3-2-4-15(19)7-13/h2-7,11-12,16-17,21H,8-10H2,1H3. The minimum absolute atomic E-state index is 0.0630. The van der Waals surface area contributed by atoms with Gasteiger partial charge < -0.3 is 14.7 Å². The molecule has 0 aliphatic carbocycles. The Bertz CT molecular complexity index is 691. The Morgan fingerprint density at radius 2 is 2.29 bits per heavy atom. The van der Waals surface area contributed by atoms with Crippen LogP contribution >= 0.6 is 11.3 Å². The lowest BCUT2D eigenvalue weighted by Gasteiger charge is -2.37. The van der Waals surface area contributed by atoms with Gasteiger partial charge in [-0.1, -0.05) is 12.1 Å². The SMILES string of the molecule is CC1CN(C(=O)CC(O)c2cccc(F)c2)CC(c2ccsc2)O1. The fourth-order valence-corrected chi connectivity index (χ4v) is 3.63. The normalized spacial score (nSPS) is 22.4. The molecule has 3 atom stereocenters. The maximum atomic E-state index is 13.3. The van der Waals surface area contributed by atoms with E-state index in [1.807, 2.05) is 23.8 Å². The molecule has 1 aliphatic heterocycles. The summed E-state index contributed by atoms with van der Waals surface area (Å²) in [6, 6.07) is 7.72. The van der Waals surface area contributed by atoms with Gasteiger partial charge in [-0.15, -0.1) is 0 Å². The van der Waals surface area contributed by atoms with Crippen LogP contribution in [-0.4, -0.2) is 35.1 Å². The van der Waals surface area contributed by atoms with Gasteiger partial charge in [0, 0.05) is 6.54 Å². The minimum Gasteiger partial charge on any atom is -0.388 e. The molecule has 1 N–H and O–H groups in total. The predicted octanol–water partition coefficient (Wildman–Crippen LogP) is 3.30. The fraction of sp³-hybridized carbons (Fsp3) is 0.389. The quantitative estimate of drug-likeness (QED) is 0.921. The average Bonchev–Trinajstić information content (AvgIpc) is 3.08. The van der Waals surface area contributed by atoms with Crippen LogP contribution in [0.25, 0.3) is 0 Å². The highest BCUT2D eigenvalue weighted by molar-refractivity contribution is 7.07. The summed E-state index contributed by atoms with van der Waals surface area (Å²) in [6.45, 7) is 2.90. The molecule has 1 aromatic heterocycles. The van der Waals surface area contributed by atoms with Crippen LogP contribution in [0.15, 0.2) is 41.1 Å². The molecule has 1 fully saturated rings. The van der Waals surface area contributed by atoms with Crippen LogP contribution in [0.3, 0.4) is 0 Å².